The lowest BCUT2D eigenvalue weighted by atomic mass is 10.1. The Morgan fingerprint density at radius 1 is 1.29 bits per heavy atom. The lowest BCUT2D eigenvalue weighted by Crippen LogP contribution is -2.02. The predicted molar refractivity (Wildman–Crippen MR) is 55.4 cm³/mol. The monoisotopic (exact) mass is 187 g/mol. The third kappa shape index (κ3) is 1.53. The minimum Gasteiger partial charge on any atom is -0.304 e. The Labute approximate surface area is 83.4 Å². The van der Waals surface area contributed by atoms with E-state index in [-0.39, 0.29) is 0 Å². The molecule has 0 amide bonds. The molecule has 0 N–H and O–H groups in total. The van der Waals surface area contributed by atoms with Gasteiger partial charge in [0.2, 0.25) is 0 Å². The van der Waals surface area contributed by atoms with Crippen LogP contribution in [0.1, 0.15) is 25.5 Å². The van der Waals surface area contributed by atoms with Crippen LogP contribution in [0.4, 0.5) is 0 Å². The van der Waals surface area contributed by atoms with Crippen molar-refractivity contribution >= 4 is 0 Å². The van der Waals surface area contributed by atoms with Gasteiger partial charge in [-0.15, -0.1) is 0 Å². The van der Waals surface area contributed by atoms with E-state index < -0.39 is 0 Å². The zero-order valence-electron chi connectivity index (χ0n) is 8.38. The molecular formula is C11H13N3. The summed E-state index contributed by atoms with van der Waals surface area (Å²) in [5, 5.41) is 0. The van der Waals surface area contributed by atoms with Crippen LogP contribution >= 0.6 is 0 Å². The van der Waals surface area contributed by atoms with Gasteiger partial charge in [0.05, 0.1) is 6.20 Å². The van der Waals surface area contributed by atoms with Crippen LogP contribution in [0.15, 0.2) is 36.9 Å². The summed E-state index contributed by atoms with van der Waals surface area (Å²) in [4.78, 5) is 8.32. The average Bonchev–Trinajstić information content (AvgIpc) is 2.67. The van der Waals surface area contributed by atoms with E-state index in [1.807, 2.05) is 12.3 Å². The Balaban J connectivity index is 2.47. The molecule has 3 nitrogen and oxygen atoms in total. The predicted octanol–water partition coefficient (Wildman–Crippen LogP) is 2.39. The van der Waals surface area contributed by atoms with Crippen molar-refractivity contribution < 1.29 is 0 Å². The Bertz CT molecular complexity index is 403. The molecule has 0 saturated carbocycles. The van der Waals surface area contributed by atoms with Crippen LogP contribution in [0.3, 0.4) is 0 Å². The first kappa shape index (κ1) is 8.94. The van der Waals surface area contributed by atoms with Gasteiger partial charge in [0.25, 0.3) is 0 Å². The fraction of sp³-hybridized carbons (Fsp3) is 0.273. The molecule has 2 heterocycles. The van der Waals surface area contributed by atoms with Gasteiger partial charge in [-0.2, -0.15) is 0 Å². The molecule has 0 bridgehead atoms. The van der Waals surface area contributed by atoms with Crippen molar-refractivity contribution in [1.82, 2.24) is 14.5 Å². The van der Waals surface area contributed by atoms with Crippen molar-refractivity contribution in [3.05, 3.63) is 42.6 Å². The van der Waals surface area contributed by atoms with Gasteiger partial charge >= 0.3 is 0 Å². The summed E-state index contributed by atoms with van der Waals surface area (Å²) < 4.78 is 2.07. The molecule has 0 spiro atoms. The molecule has 0 aliphatic rings. The highest BCUT2D eigenvalue weighted by atomic mass is 15.1. The third-order valence-corrected chi connectivity index (χ3v) is 2.17. The normalized spacial score (nSPS) is 10.8. The smallest absolute Gasteiger partial charge is 0.155 e. The Morgan fingerprint density at radius 2 is 2.14 bits per heavy atom. The van der Waals surface area contributed by atoms with Gasteiger partial charge in [-0.3, -0.25) is 4.98 Å². The van der Waals surface area contributed by atoms with Crippen molar-refractivity contribution in [1.29, 1.82) is 0 Å². The zero-order chi connectivity index (χ0) is 9.97. The number of rotatable bonds is 2. The standard InChI is InChI=1S/C11H13N3/c1-9(2)10-4-3-7-14(10)11-8-12-5-6-13-11/h3-9H,1-2H3. The van der Waals surface area contributed by atoms with Crippen molar-refractivity contribution in [2.75, 3.05) is 0 Å². The van der Waals surface area contributed by atoms with Crippen LogP contribution in [0.2, 0.25) is 0 Å². The molecule has 72 valence electrons. The summed E-state index contributed by atoms with van der Waals surface area (Å²) >= 11 is 0. The lowest BCUT2D eigenvalue weighted by Gasteiger charge is -2.09. The van der Waals surface area contributed by atoms with Crippen molar-refractivity contribution in [2.45, 2.75) is 19.8 Å². The summed E-state index contributed by atoms with van der Waals surface area (Å²) in [5.74, 6) is 1.37. The van der Waals surface area contributed by atoms with E-state index >= 15 is 0 Å². The van der Waals surface area contributed by atoms with Gasteiger partial charge in [0.15, 0.2) is 5.82 Å². The summed E-state index contributed by atoms with van der Waals surface area (Å²) in [6, 6.07) is 4.14. The van der Waals surface area contributed by atoms with E-state index in [9.17, 15) is 0 Å². The van der Waals surface area contributed by atoms with Gasteiger partial charge in [-0.25, -0.2) is 4.98 Å². The van der Waals surface area contributed by atoms with Gasteiger partial charge in [-0.05, 0) is 18.1 Å². The molecule has 0 atom stereocenters. The summed E-state index contributed by atoms with van der Waals surface area (Å²) in [5.41, 5.74) is 1.26. The lowest BCUT2D eigenvalue weighted by molar-refractivity contribution is 0.775. The summed E-state index contributed by atoms with van der Waals surface area (Å²) in [6.07, 6.45) is 7.17. The minimum absolute atomic E-state index is 0.493. The Hall–Kier alpha value is -1.64. The second-order valence-corrected chi connectivity index (χ2v) is 3.52. The topological polar surface area (TPSA) is 30.7 Å². The van der Waals surface area contributed by atoms with Crippen molar-refractivity contribution in [3.8, 4) is 5.82 Å². The molecule has 0 aliphatic carbocycles. The first-order chi connectivity index (χ1) is 6.79. The number of aromatic nitrogens is 3. The summed E-state index contributed by atoms with van der Waals surface area (Å²) in [6.45, 7) is 4.34. The molecule has 0 radical (unpaired) electrons. The van der Waals surface area contributed by atoms with Crippen LogP contribution in [-0.4, -0.2) is 14.5 Å². The molecule has 14 heavy (non-hydrogen) atoms. The Kier molecular flexibility index (Phi) is 2.31. The third-order valence-electron chi connectivity index (χ3n) is 2.17. The molecule has 0 fully saturated rings. The van der Waals surface area contributed by atoms with Crippen LogP contribution in [0.25, 0.3) is 5.82 Å². The largest absolute Gasteiger partial charge is 0.304 e. The van der Waals surface area contributed by atoms with Gasteiger partial charge in [0.1, 0.15) is 0 Å². The highest BCUT2D eigenvalue weighted by Crippen LogP contribution is 2.17. The van der Waals surface area contributed by atoms with Gasteiger partial charge < -0.3 is 4.57 Å². The quantitative estimate of drug-likeness (QED) is 0.722. The van der Waals surface area contributed by atoms with Crippen LogP contribution in [0.5, 0.6) is 0 Å². The van der Waals surface area contributed by atoms with Crippen molar-refractivity contribution in [3.63, 3.8) is 0 Å². The van der Waals surface area contributed by atoms with E-state index in [0.717, 1.165) is 5.82 Å². The number of hydrogen-bond acceptors (Lipinski definition) is 2. The molecule has 0 aromatic carbocycles. The van der Waals surface area contributed by atoms with Crippen LogP contribution in [0, 0.1) is 0 Å². The maximum atomic E-state index is 4.26. The van der Waals surface area contributed by atoms with E-state index in [4.69, 9.17) is 0 Å². The van der Waals surface area contributed by atoms with E-state index in [1.165, 1.54) is 5.69 Å². The first-order valence-corrected chi connectivity index (χ1v) is 4.72. The molecule has 2 aromatic rings. The maximum Gasteiger partial charge on any atom is 0.155 e. The molecule has 2 aromatic heterocycles. The number of nitrogens with zero attached hydrogens (tertiary/aromatic N) is 3. The minimum atomic E-state index is 0.493. The average molecular weight is 187 g/mol. The SMILES string of the molecule is CC(C)c1cccn1-c1cnccn1. The van der Waals surface area contributed by atoms with E-state index in [2.05, 4.69) is 34.4 Å². The molecule has 0 saturated heterocycles. The molecule has 0 aliphatic heterocycles. The van der Waals surface area contributed by atoms with Crippen molar-refractivity contribution in [2.24, 2.45) is 0 Å². The fourth-order valence-electron chi connectivity index (χ4n) is 1.49. The highest BCUT2D eigenvalue weighted by Gasteiger charge is 2.06. The fourth-order valence-corrected chi connectivity index (χ4v) is 1.49. The van der Waals surface area contributed by atoms with Gasteiger partial charge in [-0.1, -0.05) is 13.8 Å². The molecule has 0 unspecified atom stereocenters. The van der Waals surface area contributed by atoms with Crippen LogP contribution < -0.4 is 0 Å². The second kappa shape index (κ2) is 3.62. The molecule has 2 rings (SSSR count). The van der Waals surface area contributed by atoms with E-state index in [0.29, 0.717) is 5.92 Å². The summed E-state index contributed by atoms with van der Waals surface area (Å²) in [7, 11) is 0. The maximum absolute atomic E-state index is 4.26. The zero-order valence-corrected chi connectivity index (χ0v) is 8.38. The van der Waals surface area contributed by atoms with E-state index in [1.54, 1.807) is 18.6 Å². The van der Waals surface area contributed by atoms with Crippen LogP contribution in [-0.2, 0) is 0 Å². The van der Waals surface area contributed by atoms with Gasteiger partial charge in [0, 0.05) is 24.3 Å². The first-order valence-electron chi connectivity index (χ1n) is 4.72. The number of hydrogen-bond donors (Lipinski definition) is 0. The highest BCUT2D eigenvalue weighted by molar-refractivity contribution is 5.26. The molecular weight excluding hydrogens is 174 g/mol. The second-order valence-electron chi connectivity index (χ2n) is 3.52. The molecule has 3 heteroatoms. The Morgan fingerprint density at radius 3 is 2.79 bits per heavy atom.